The number of urea groups is 1. The van der Waals surface area contributed by atoms with Gasteiger partial charge in [0.2, 0.25) is 5.91 Å². The van der Waals surface area contributed by atoms with Gasteiger partial charge in [0, 0.05) is 24.8 Å². The molecule has 2 fully saturated rings. The number of para-hydroxylation sites is 1. The molecular formula is C18H25N3O2. The van der Waals surface area contributed by atoms with E-state index in [1.165, 1.54) is 0 Å². The van der Waals surface area contributed by atoms with Crippen LogP contribution in [0.1, 0.15) is 36.8 Å². The van der Waals surface area contributed by atoms with Gasteiger partial charge in [-0.05, 0) is 50.7 Å². The van der Waals surface area contributed by atoms with Crippen LogP contribution in [0.3, 0.4) is 0 Å². The maximum absolute atomic E-state index is 12.6. The maximum atomic E-state index is 12.6. The van der Waals surface area contributed by atoms with Gasteiger partial charge in [-0.3, -0.25) is 4.79 Å². The number of hydrogen-bond acceptors (Lipinski definition) is 2. The second-order valence-electron chi connectivity index (χ2n) is 6.76. The van der Waals surface area contributed by atoms with E-state index in [0.29, 0.717) is 12.6 Å². The fourth-order valence-corrected chi connectivity index (χ4v) is 3.11. The molecule has 1 aliphatic heterocycles. The van der Waals surface area contributed by atoms with Crippen molar-refractivity contribution in [1.29, 1.82) is 0 Å². The highest BCUT2D eigenvalue weighted by Crippen LogP contribution is 2.24. The Labute approximate surface area is 137 Å². The molecule has 1 saturated heterocycles. The van der Waals surface area contributed by atoms with Gasteiger partial charge in [-0.1, -0.05) is 18.2 Å². The Hall–Kier alpha value is -2.04. The van der Waals surface area contributed by atoms with Crippen LogP contribution >= 0.6 is 0 Å². The first-order chi connectivity index (χ1) is 11.0. The van der Waals surface area contributed by atoms with Crippen LogP contribution in [0.5, 0.6) is 0 Å². The monoisotopic (exact) mass is 315 g/mol. The molecule has 0 aromatic heterocycles. The molecule has 2 aliphatic rings. The molecule has 3 amide bonds. The van der Waals surface area contributed by atoms with Gasteiger partial charge in [0.1, 0.15) is 0 Å². The van der Waals surface area contributed by atoms with Crippen molar-refractivity contribution in [3.8, 4) is 0 Å². The van der Waals surface area contributed by atoms with Crippen LogP contribution < -0.4 is 10.6 Å². The van der Waals surface area contributed by atoms with Gasteiger partial charge in [-0.15, -0.1) is 0 Å². The summed E-state index contributed by atoms with van der Waals surface area (Å²) >= 11 is 0. The largest absolute Gasteiger partial charge is 0.335 e. The van der Waals surface area contributed by atoms with Gasteiger partial charge in [0.05, 0.1) is 5.92 Å². The summed E-state index contributed by atoms with van der Waals surface area (Å²) in [6.45, 7) is 5.25. The number of likely N-dealkylation sites (tertiary alicyclic amines) is 1. The SMILES string of the molecule is Cc1cccc(C)c1NC(=O)C1CCCN(C(=O)NC2CC2)C1. The summed E-state index contributed by atoms with van der Waals surface area (Å²) < 4.78 is 0. The Bertz CT molecular complexity index is 590. The number of piperidine rings is 1. The quantitative estimate of drug-likeness (QED) is 0.901. The molecule has 2 N–H and O–H groups in total. The van der Waals surface area contributed by atoms with E-state index < -0.39 is 0 Å². The van der Waals surface area contributed by atoms with E-state index in [9.17, 15) is 9.59 Å². The predicted molar refractivity (Wildman–Crippen MR) is 90.4 cm³/mol. The van der Waals surface area contributed by atoms with E-state index in [2.05, 4.69) is 10.6 Å². The third-order valence-corrected chi connectivity index (χ3v) is 4.71. The van der Waals surface area contributed by atoms with Crippen molar-refractivity contribution < 1.29 is 9.59 Å². The Kier molecular flexibility index (Phi) is 4.55. The third kappa shape index (κ3) is 3.84. The van der Waals surface area contributed by atoms with Crippen LogP contribution in [0.15, 0.2) is 18.2 Å². The molecule has 3 rings (SSSR count). The summed E-state index contributed by atoms with van der Waals surface area (Å²) in [5, 5.41) is 6.07. The van der Waals surface area contributed by atoms with E-state index in [-0.39, 0.29) is 17.9 Å². The average Bonchev–Trinajstić information content (AvgIpc) is 3.35. The van der Waals surface area contributed by atoms with Crippen LogP contribution in [0.25, 0.3) is 0 Å². The van der Waals surface area contributed by atoms with Crippen molar-refractivity contribution in [3.63, 3.8) is 0 Å². The number of hydrogen-bond donors (Lipinski definition) is 2. The van der Waals surface area contributed by atoms with Crippen molar-refractivity contribution in [1.82, 2.24) is 10.2 Å². The van der Waals surface area contributed by atoms with Crippen molar-refractivity contribution in [3.05, 3.63) is 29.3 Å². The standard InChI is InChI=1S/C18H25N3O2/c1-12-5-3-6-13(2)16(12)20-17(22)14-7-4-10-21(11-14)18(23)19-15-8-9-15/h3,5-6,14-15H,4,7-11H2,1-2H3,(H,19,23)(H,20,22). The Balaban J connectivity index is 1.61. The van der Waals surface area contributed by atoms with E-state index in [1.54, 1.807) is 4.90 Å². The number of amides is 3. The molecule has 1 aliphatic carbocycles. The molecule has 0 radical (unpaired) electrons. The van der Waals surface area contributed by atoms with Crippen LogP contribution in [-0.2, 0) is 4.79 Å². The zero-order chi connectivity index (χ0) is 16.4. The molecule has 1 aromatic carbocycles. The van der Waals surface area contributed by atoms with E-state index in [4.69, 9.17) is 0 Å². The van der Waals surface area contributed by atoms with Gasteiger partial charge in [0.25, 0.3) is 0 Å². The highest BCUT2D eigenvalue weighted by Gasteiger charge is 2.31. The fraction of sp³-hybridized carbons (Fsp3) is 0.556. The molecule has 5 heteroatoms. The highest BCUT2D eigenvalue weighted by atomic mass is 16.2. The normalized spacial score (nSPS) is 21.0. The highest BCUT2D eigenvalue weighted by molar-refractivity contribution is 5.94. The molecule has 1 heterocycles. The van der Waals surface area contributed by atoms with E-state index >= 15 is 0 Å². The summed E-state index contributed by atoms with van der Waals surface area (Å²) in [7, 11) is 0. The van der Waals surface area contributed by atoms with Gasteiger partial charge < -0.3 is 15.5 Å². The number of carbonyl (C=O) groups excluding carboxylic acids is 2. The van der Waals surface area contributed by atoms with Crippen LogP contribution in [-0.4, -0.2) is 36.0 Å². The first kappa shape index (κ1) is 15.8. The Morgan fingerprint density at radius 1 is 1.13 bits per heavy atom. The van der Waals surface area contributed by atoms with Gasteiger partial charge in [-0.2, -0.15) is 0 Å². The minimum absolute atomic E-state index is 0.0166. The number of rotatable bonds is 3. The van der Waals surface area contributed by atoms with Crippen molar-refractivity contribution in [2.75, 3.05) is 18.4 Å². The summed E-state index contributed by atoms with van der Waals surface area (Å²) in [5.74, 6) is -0.112. The Morgan fingerprint density at radius 3 is 2.48 bits per heavy atom. The number of nitrogens with one attached hydrogen (secondary N) is 2. The van der Waals surface area contributed by atoms with E-state index in [1.807, 2.05) is 32.0 Å². The predicted octanol–water partition coefficient (Wildman–Crippen LogP) is 2.83. The molecule has 124 valence electrons. The molecular weight excluding hydrogens is 290 g/mol. The van der Waals surface area contributed by atoms with Crippen LogP contribution in [0.4, 0.5) is 10.5 Å². The van der Waals surface area contributed by atoms with Gasteiger partial charge >= 0.3 is 6.03 Å². The lowest BCUT2D eigenvalue weighted by molar-refractivity contribution is -0.121. The first-order valence-corrected chi connectivity index (χ1v) is 8.47. The summed E-state index contributed by atoms with van der Waals surface area (Å²) in [6, 6.07) is 6.33. The number of carbonyl (C=O) groups is 2. The van der Waals surface area contributed by atoms with Crippen LogP contribution in [0, 0.1) is 19.8 Å². The summed E-state index contributed by atoms with van der Waals surface area (Å²) in [6.07, 6.45) is 3.87. The third-order valence-electron chi connectivity index (χ3n) is 4.71. The molecule has 1 saturated carbocycles. The zero-order valence-corrected chi connectivity index (χ0v) is 13.9. The molecule has 23 heavy (non-hydrogen) atoms. The lowest BCUT2D eigenvalue weighted by Crippen LogP contribution is -2.48. The minimum Gasteiger partial charge on any atom is -0.335 e. The maximum Gasteiger partial charge on any atom is 0.317 e. The van der Waals surface area contributed by atoms with Crippen LogP contribution in [0.2, 0.25) is 0 Å². The molecule has 5 nitrogen and oxygen atoms in total. The number of benzene rings is 1. The fourth-order valence-electron chi connectivity index (χ4n) is 3.11. The van der Waals surface area contributed by atoms with Crippen molar-refractivity contribution >= 4 is 17.6 Å². The number of aryl methyl sites for hydroxylation is 2. The molecule has 0 bridgehead atoms. The molecule has 0 spiro atoms. The average molecular weight is 315 g/mol. The van der Waals surface area contributed by atoms with E-state index in [0.717, 1.165) is 49.0 Å². The summed E-state index contributed by atoms with van der Waals surface area (Å²) in [5.41, 5.74) is 3.03. The summed E-state index contributed by atoms with van der Waals surface area (Å²) in [4.78, 5) is 26.6. The number of anilines is 1. The molecule has 1 unspecified atom stereocenters. The second kappa shape index (κ2) is 6.60. The molecule has 1 atom stereocenters. The lowest BCUT2D eigenvalue weighted by atomic mass is 9.97. The topological polar surface area (TPSA) is 61.4 Å². The smallest absolute Gasteiger partial charge is 0.317 e. The molecule has 1 aromatic rings. The van der Waals surface area contributed by atoms with Crippen molar-refractivity contribution in [2.45, 2.75) is 45.6 Å². The lowest BCUT2D eigenvalue weighted by Gasteiger charge is -2.32. The minimum atomic E-state index is -0.132. The van der Waals surface area contributed by atoms with Crippen molar-refractivity contribution in [2.24, 2.45) is 5.92 Å². The van der Waals surface area contributed by atoms with Gasteiger partial charge in [0.15, 0.2) is 0 Å². The first-order valence-electron chi connectivity index (χ1n) is 8.47. The Morgan fingerprint density at radius 2 is 1.83 bits per heavy atom. The zero-order valence-electron chi connectivity index (χ0n) is 13.9. The second-order valence-corrected chi connectivity index (χ2v) is 6.76. The number of nitrogens with zero attached hydrogens (tertiary/aromatic N) is 1. The van der Waals surface area contributed by atoms with Gasteiger partial charge in [-0.25, -0.2) is 4.79 Å².